The van der Waals surface area contributed by atoms with E-state index < -0.39 is 0 Å². The van der Waals surface area contributed by atoms with Crippen molar-refractivity contribution >= 4 is 17.3 Å². The number of nitrogens with one attached hydrogen (secondary N) is 1. The third-order valence-corrected chi connectivity index (χ3v) is 4.96. The molecule has 1 amide bonds. The largest absolute Gasteiger partial charge is 0.494 e. The molecule has 1 aliphatic heterocycles. The molecule has 3 rings (SSSR count). The smallest absolute Gasteiger partial charge is 0.224 e. The van der Waals surface area contributed by atoms with Crippen molar-refractivity contribution in [3.8, 4) is 5.75 Å². The third kappa shape index (κ3) is 6.02. The van der Waals surface area contributed by atoms with Gasteiger partial charge in [0.2, 0.25) is 5.91 Å². The van der Waals surface area contributed by atoms with Crippen molar-refractivity contribution in [3.63, 3.8) is 0 Å². The average molecular weight is 367 g/mol. The van der Waals surface area contributed by atoms with Gasteiger partial charge in [-0.3, -0.25) is 4.79 Å². The molecule has 1 saturated heterocycles. The summed E-state index contributed by atoms with van der Waals surface area (Å²) in [5.41, 5.74) is 3.28. The van der Waals surface area contributed by atoms with Gasteiger partial charge in [-0.05, 0) is 50.5 Å². The first-order chi connectivity index (χ1) is 13.2. The van der Waals surface area contributed by atoms with Gasteiger partial charge in [0, 0.05) is 19.5 Å². The Hall–Kier alpha value is -2.49. The van der Waals surface area contributed by atoms with Crippen LogP contribution in [0.15, 0.2) is 48.5 Å². The molecule has 27 heavy (non-hydrogen) atoms. The minimum atomic E-state index is 0.0461. The van der Waals surface area contributed by atoms with Crippen LogP contribution in [0.2, 0.25) is 0 Å². The molecule has 2 aromatic carbocycles. The predicted molar refractivity (Wildman–Crippen MR) is 112 cm³/mol. The fourth-order valence-electron chi connectivity index (χ4n) is 3.44. The zero-order chi connectivity index (χ0) is 18.9. The van der Waals surface area contributed by atoms with Gasteiger partial charge in [0.15, 0.2) is 0 Å². The van der Waals surface area contributed by atoms with Crippen molar-refractivity contribution in [2.24, 2.45) is 0 Å². The number of benzene rings is 2. The molecule has 0 aromatic heterocycles. The number of nitrogens with zero attached hydrogens (tertiary/aromatic N) is 1. The Morgan fingerprint density at radius 3 is 2.44 bits per heavy atom. The third-order valence-electron chi connectivity index (χ3n) is 4.96. The Kier molecular flexibility index (Phi) is 7.14. The Balaban J connectivity index is 1.48. The Bertz CT molecular complexity index is 719. The van der Waals surface area contributed by atoms with E-state index in [-0.39, 0.29) is 5.91 Å². The van der Waals surface area contributed by atoms with Crippen LogP contribution in [0.25, 0.3) is 0 Å². The molecule has 0 atom stereocenters. The van der Waals surface area contributed by atoms with Gasteiger partial charge in [-0.15, -0.1) is 0 Å². The van der Waals surface area contributed by atoms with Crippen LogP contribution >= 0.6 is 0 Å². The molecule has 0 saturated carbocycles. The Labute approximate surface area is 162 Å². The number of aryl methyl sites for hydroxylation is 1. The molecule has 0 aliphatic carbocycles. The van der Waals surface area contributed by atoms with Crippen molar-refractivity contribution in [1.29, 1.82) is 0 Å². The molecule has 0 unspecified atom stereocenters. The summed E-state index contributed by atoms with van der Waals surface area (Å²) in [6, 6.07) is 16.1. The van der Waals surface area contributed by atoms with Crippen LogP contribution in [0, 0.1) is 6.92 Å². The van der Waals surface area contributed by atoms with E-state index in [9.17, 15) is 4.79 Å². The van der Waals surface area contributed by atoms with E-state index >= 15 is 0 Å². The number of amides is 1. The lowest BCUT2D eigenvalue weighted by molar-refractivity contribution is -0.116. The Morgan fingerprint density at radius 1 is 1.00 bits per heavy atom. The van der Waals surface area contributed by atoms with Gasteiger partial charge in [-0.1, -0.05) is 42.7 Å². The number of ether oxygens (including phenoxy) is 1. The molecule has 1 heterocycles. The van der Waals surface area contributed by atoms with Gasteiger partial charge in [-0.25, -0.2) is 0 Å². The summed E-state index contributed by atoms with van der Waals surface area (Å²) in [5.74, 6) is 0.900. The maximum Gasteiger partial charge on any atom is 0.224 e. The van der Waals surface area contributed by atoms with Gasteiger partial charge in [0.25, 0.3) is 0 Å². The fourth-order valence-corrected chi connectivity index (χ4v) is 3.44. The standard InChI is InChI=1S/C23H30N2O2/c1-19-12-14-20(15-13-19)27-18-8-11-23(26)24-21-9-4-5-10-22(21)25-16-6-2-3-7-17-25/h4-5,9-10,12-15H,2-3,6-8,11,16-18H2,1H3,(H,24,26). The molecule has 4 nitrogen and oxygen atoms in total. The highest BCUT2D eigenvalue weighted by Gasteiger charge is 2.14. The van der Waals surface area contributed by atoms with E-state index in [2.05, 4.69) is 23.2 Å². The van der Waals surface area contributed by atoms with Crippen LogP contribution in [0.1, 0.15) is 44.1 Å². The highest BCUT2D eigenvalue weighted by atomic mass is 16.5. The molecule has 1 aliphatic rings. The molecular formula is C23H30N2O2. The lowest BCUT2D eigenvalue weighted by atomic mass is 10.2. The molecule has 0 spiro atoms. The van der Waals surface area contributed by atoms with Crippen LogP contribution in [0.5, 0.6) is 5.75 Å². The lowest BCUT2D eigenvalue weighted by Gasteiger charge is -2.25. The lowest BCUT2D eigenvalue weighted by Crippen LogP contribution is -2.25. The summed E-state index contributed by atoms with van der Waals surface area (Å²) < 4.78 is 5.71. The van der Waals surface area contributed by atoms with E-state index in [1.54, 1.807) is 0 Å². The summed E-state index contributed by atoms with van der Waals surface area (Å²) in [6.07, 6.45) is 6.20. The quantitative estimate of drug-likeness (QED) is 0.687. The minimum absolute atomic E-state index is 0.0461. The van der Waals surface area contributed by atoms with E-state index in [4.69, 9.17) is 4.74 Å². The van der Waals surface area contributed by atoms with Crippen LogP contribution in [-0.4, -0.2) is 25.6 Å². The van der Waals surface area contributed by atoms with Gasteiger partial charge in [0.05, 0.1) is 18.0 Å². The fraction of sp³-hybridized carbons (Fsp3) is 0.435. The van der Waals surface area contributed by atoms with Crippen LogP contribution < -0.4 is 15.0 Å². The summed E-state index contributed by atoms with van der Waals surface area (Å²) in [5, 5.41) is 3.10. The van der Waals surface area contributed by atoms with Crippen molar-refractivity contribution in [2.75, 3.05) is 29.9 Å². The second kappa shape index (κ2) is 10.0. The van der Waals surface area contributed by atoms with Crippen molar-refractivity contribution in [2.45, 2.75) is 45.4 Å². The molecule has 0 radical (unpaired) electrons. The SMILES string of the molecule is Cc1ccc(OCCCC(=O)Nc2ccccc2N2CCCCCC2)cc1. The second-order valence-corrected chi connectivity index (χ2v) is 7.23. The predicted octanol–water partition coefficient (Wildman–Crippen LogP) is 5.17. The maximum absolute atomic E-state index is 12.4. The molecule has 4 heteroatoms. The van der Waals surface area contributed by atoms with E-state index in [0.29, 0.717) is 19.4 Å². The topological polar surface area (TPSA) is 41.6 Å². The number of carbonyl (C=O) groups is 1. The minimum Gasteiger partial charge on any atom is -0.494 e. The number of hydrogen-bond donors (Lipinski definition) is 1. The monoisotopic (exact) mass is 366 g/mol. The van der Waals surface area contributed by atoms with Gasteiger partial charge in [0.1, 0.15) is 5.75 Å². The molecule has 1 fully saturated rings. The number of carbonyl (C=O) groups excluding carboxylic acids is 1. The zero-order valence-corrected chi connectivity index (χ0v) is 16.2. The van der Waals surface area contributed by atoms with E-state index in [0.717, 1.165) is 30.2 Å². The molecule has 2 aromatic rings. The molecule has 1 N–H and O–H groups in total. The van der Waals surface area contributed by atoms with Crippen molar-refractivity contribution in [3.05, 3.63) is 54.1 Å². The maximum atomic E-state index is 12.4. The first kappa shape index (κ1) is 19.3. The molecular weight excluding hydrogens is 336 g/mol. The average Bonchev–Trinajstić information content (AvgIpc) is 2.96. The number of rotatable bonds is 7. The van der Waals surface area contributed by atoms with Crippen LogP contribution in [0.3, 0.4) is 0 Å². The van der Waals surface area contributed by atoms with Gasteiger partial charge >= 0.3 is 0 Å². The molecule has 0 bridgehead atoms. The highest BCUT2D eigenvalue weighted by molar-refractivity contribution is 5.94. The summed E-state index contributed by atoms with van der Waals surface area (Å²) in [4.78, 5) is 14.8. The number of hydrogen-bond acceptors (Lipinski definition) is 3. The number of para-hydroxylation sites is 2. The summed E-state index contributed by atoms with van der Waals surface area (Å²) in [6.45, 7) is 4.73. The van der Waals surface area contributed by atoms with Crippen molar-refractivity contribution in [1.82, 2.24) is 0 Å². The zero-order valence-electron chi connectivity index (χ0n) is 16.2. The Morgan fingerprint density at radius 2 is 1.70 bits per heavy atom. The van der Waals surface area contributed by atoms with Crippen molar-refractivity contribution < 1.29 is 9.53 Å². The number of anilines is 2. The highest BCUT2D eigenvalue weighted by Crippen LogP contribution is 2.28. The normalized spacial score (nSPS) is 14.5. The first-order valence-electron chi connectivity index (χ1n) is 10.1. The molecule has 144 valence electrons. The summed E-state index contributed by atoms with van der Waals surface area (Å²) in [7, 11) is 0. The second-order valence-electron chi connectivity index (χ2n) is 7.23. The van der Waals surface area contributed by atoms with Crippen LogP contribution in [0.4, 0.5) is 11.4 Å². The summed E-state index contributed by atoms with van der Waals surface area (Å²) >= 11 is 0. The van der Waals surface area contributed by atoms with Gasteiger partial charge in [-0.2, -0.15) is 0 Å². The van der Waals surface area contributed by atoms with E-state index in [1.165, 1.54) is 31.2 Å². The first-order valence-corrected chi connectivity index (χ1v) is 10.1. The van der Waals surface area contributed by atoms with E-state index in [1.807, 2.05) is 42.5 Å². The van der Waals surface area contributed by atoms with Gasteiger partial charge < -0.3 is 15.0 Å². The van der Waals surface area contributed by atoms with Crippen LogP contribution in [-0.2, 0) is 4.79 Å².